The molecule has 1 aromatic heterocycles. The number of hydrogen-bond acceptors (Lipinski definition) is 6. The Kier molecular flexibility index (Phi) is 3.98. The van der Waals surface area contributed by atoms with Crippen molar-refractivity contribution in [2.75, 3.05) is 12.3 Å². The largest absolute Gasteiger partial charge is 0.481 e. The topological polar surface area (TPSA) is 131 Å². The summed E-state index contributed by atoms with van der Waals surface area (Å²) in [5.41, 5.74) is 5.34. The van der Waals surface area contributed by atoms with Crippen LogP contribution in [0, 0.1) is 11.8 Å². The molecule has 2 unspecified atom stereocenters. The summed E-state index contributed by atoms with van der Waals surface area (Å²) in [6, 6.07) is 0. The van der Waals surface area contributed by atoms with Crippen LogP contribution in [0.4, 0.5) is 5.82 Å². The van der Waals surface area contributed by atoms with Crippen molar-refractivity contribution in [3.8, 4) is 0 Å². The van der Waals surface area contributed by atoms with Gasteiger partial charge in [0.1, 0.15) is 0 Å². The molecule has 8 nitrogen and oxygen atoms in total. The molecule has 2 rings (SSSR count). The fourth-order valence-electron chi connectivity index (χ4n) is 2.44. The minimum absolute atomic E-state index is 0.0590. The highest BCUT2D eigenvalue weighted by Crippen LogP contribution is 2.29. The molecule has 1 aliphatic carbocycles. The Morgan fingerprint density at radius 3 is 2.74 bits per heavy atom. The van der Waals surface area contributed by atoms with Crippen LogP contribution in [0.25, 0.3) is 0 Å². The van der Waals surface area contributed by atoms with Gasteiger partial charge in [0.05, 0.1) is 5.92 Å². The Hall–Kier alpha value is -2.12. The van der Waals surface area contributed by atoms with E-state index in [1.807, 2.05) is 0 Å². The lowest BCUT2D eigenvalue weighted by atomic mass is 9.79. The number of aromatic nitrogens is 2. The second-order valence-corrected chi connectivity index (χ2v) is 4.70. The molecule has 0 aliphatic heterocycles. The van der Waals surface area contributed by atoms with E-state index in [1.54, 1.807) is 0 Å². The summed E-state index contributed by atoms with van der Waals surface area (Å²) in [6.07, 6.45) is 3.35. The number of nitrogen functional groups attached to an aromatic ring is 1. The molecule has 19 heavy (non-hydrogen) atoms. The third-order valence-electron chi connectivity index (χ3n) is 3.48. The molecular formula is C11H16N4O4. The van der Waals surface area contributed by atoms with Crippen LogP contribution in [-0.4, -0.2) is 33.8 Å². The SMILES string of the molecule is Nc1nonc1C(=O)NCC1CCCCC1C(=O)O. The van der Waals surface area contributed by atoms with Crippen LogP contribution >= 0.6 is 0 Å². The zero-order valence-corrected chi connectivity index (χ0v) is 10.3. The summed E-state index contributed by atoms with van der Waals surface area (Å²) in [5, 5.41) is 18.5. The van der Waals surface area contributed by atoms with Gasteiger partial charge in [0.2, 0.25) is 11.5 Å². The highest BCUT2D eigenvalue weighted by atomic mass is 16.6. The van der Waals surface area contributed by atoms with E-state index in [9.17, 15) is 9.59 Å². The van der Waals surface area contributed by atoms with Crippen LogP contribution in [0.5, 0.6) is 0 Å². The van der Waals surface area contributed by atoms with Gasteiger partial charge in [0.25, 0.3) is 5.91 Å². The summed E-state index contributed by atoms with van der Waals surface area (Å²) >= 11 is 0. The number of nitrogens with zero attached hydrogens (tertiary/aromatic N) is 2. The molecule has 0 spiro atoms. The molecule has 0 radical (unpaired) electrons. The minimum atomic E-state index is -0.804. The third-order valence-corrected chi connectivity index (χ3v) is 3.48. The van der Waals surface area contributed by atoms with E-state index in [-0.39, 0.29) is 17.4 Å². The average Bonchev–Trinajstić information content (AvgIpc) is 2.82. The Labute approximate surface area is 109 Å². The molecule has 1 saturated carbocycles. The predicted octanol–water partition coefficient (Wildman–Crippen LogP) is 0.273. The van der Waals surface area contributed by atoms with E-state index in [2.05, 4.69) is 20.3 Å². The van der Waals surface area contributed by atoms with E-state index >= 15 is 0 Å². The van der Waals surface area contributed by atoms with E-state index in [4.69, 9.17) is 10.8 Å². The molecule has 2 atom stereocenters. The first-order valence-corrected chi connectivity index (χ1v) is 6.18. The van der Waals surface area contributed by atoms with Crippen molar-refractivity contribution >= 4 is 17.7 Å². The van der Waals surface area contributed by atoms with Crippen LogP contribution in [0.2, 0.25) is 0 Å². The normalized spacial score (nSPS) is 22.9. The Morgan fingerprint density at radius 1 is 1.37 bits per heavy atom. The zero-order chi connectivity index (χ0) is 13.8. The molecule has 1 amide bonds. The minimum Gasteiger partial charge on any atom is -0.481 e. The quantitative estimate of drug-likeness (QED) is 0.714. The highest BCUT2D eigenvalue weighted by Gasteiger charge is 2.31. The van der Waals surface area contributed by atoms with Crippen molar-refractivity contribution in [1.29, 1.82) is 0 Å². The van der Waals surface area contributed by atoms with Gasteiger partial charge in [0.15, 0.2) is 0 Å². The van der Waals surface area contributed by atoms with Gasteiger partial charge in [-0.2, -0.15) is 0 Å². The number of rotatable bonds is 4. The second kappa shape index (κ2) is 5.68. The van der Waals surface area contributed by atoms with E-state index in [0.29, 0.717) is 13.0 Å². The fraction of sp³-hybridized carbons (Fsp3) is 0.636. The van der Waals surface area contributed by atoms with Crippen molar-refractivity contribution in [3.05, 3.63) is 5.69 Å². The van der Waals surface area contributed by atoms with Gasteiger partial charge < -0.3 is 16.2 Å². The molecule has 1 fully saturated rings. The Bertz CT molecular complexity index is 473. The number of carbonyl (C=O) groups excluding carboxylic acids is 1. The first kappa shape index (κ1) is 13.3. The number of nitrogens with one attached hydrogen (secondary N) is 1. The van der Waals surface area contributed by atoms with Crippen molar-refractivity contribution in [2.24, 2.45) is 11.8 Å². The summed E-state index contributed by atoms with van der Waals surface area (Å²) in [6.45, 7) is 0.294. The Morgan fingerprint density at radius 2 is 2.11 bits per heavy atom. The molecule has 0 aromatic carbocycles. The number of hydrogen-bond donors (Lipinski definition) is 3. The van der Waals surface area contributed by atoms with Gasteiger partial charge >= 0.3 is 5.97 Å². The molecule has 0 saturated heterocycles. The zero-order valence-electron chi connectivity index (χ0n) is 10.3. The summed E-state index contributed by atoms with van der Waals surface area (Å²) < 4.78 is 4.34. The van der Waals surface area contributed by atoms with Crippen LogP contribution in [0.1, 0.15) is 36.2 Å². The summed E-state index contributed by atoms with van der Waals surface area (Å²) in [4.78, 5) is 22.9. The maximum absolute atomic E-state index is 11.7. The number of aliphatic carboxylic acids is 1. The lowest BCUT2D eigenvalue weighted by Gasteiger charge is -2.28. The number of carboxylic acid groups (broad SMARTS) is 1. The average molecular weight is 268 g/mol. The summed E-state index contributed by atoms with van der Waals surface area (Å²) in [5.74, 6) is -1.83. The van der Waals surface area contributed by atoms with Gasteiger partial charge in [-0.15, -0.1) is 0 Å². The third kappa shape index (κ3) is 3.01. The van der Waals surface area contributed by atoms with Crippen molar-refractivity contribution in [1.82, 2.24) is 15.6 Å². The van der Waals surface area contributed by atoms with E-state index < -0.39 is 17.8 Å². The summed E-state index contributed by atoms with van der Waals surface area (Å²) in [7, 11) is 0. The van der Waals surface area contributed by atoms with Crippen LogP contribution in [-0.2, 0) is 4.79 Å². The first-order chi connectivity index (χ1) is 9.09. The smallest absolute Gasteiger partial charge is 0.306 e. The number of anilines is 1. The molecule has 4 N–H and O–H groups in total. The standard InChI is InChI=1S/C11H16N4O4/c12-9-8(14-19-15-9)10(16)13-5-6-3-1-2-4-7(6)11(17)18/h6-7H,1-5H2,(H2,12,15)(H,13,16)(H,17,18). The number of carbonyl (C=O) groups is 2. The van der Waals surface area contributed by atoms with Crippen LogP contribution in [0.3, 0.4) is 0 Å². The van der Waals surface area contributed by atoms with Gasteiger partial charge in [-0.1, -0.05) is 12.8 Å². The van der Waals surface area contributed by atoms with Crippen LogP contribution in [0.15, 0.2) is 4.63 Å². The second-order valence-electron chi connectivity index (χ2n) is 4.70. The van der Waals surface area contributed by atoms with Crippen molar-refractivity contribution in [3.63, 3.8) is 0 Å². The molecule has 1 aliphatic rings. The molecule has 8 heteroatoms. The monoisotopic (exact) mass is 268 g/mol. The van der Waals surface area contributed by atoms with Gasteiger partial charge in [0, 0.05) is 6.54 Å². The maximum atomic E-state index is 11.7. The number of carboxylic acids is 1. The van der Waals surface area contributed by atoms with Crippen molar-refractivity contribution < 1.29 is 19.3 Å². The maximum Gasteiger partial charge on any atom is 0.306 e. The number of amides is 1. The van der Waals surface area contributed by atoms with Crippen LogP contribution < -0.4 is 11.1 Å². The molecule has 104 valence electrons. The van der Waals surface area contributed by atoms with Gasteiger partial charge in [-0.25, -0.2) is 4.63 Å². The van der Waals surface area contributed by atoms with Gasteiger partial charge in [-0.05, 0) is 29.1 Å². The van der Waals surface area contributed by atoms with Crippen molar-refractivity contribution in [2.45, 2.75) is 25.7 Å². The number of nitrogens with two attached hydrogens (primary N) is 1. The highest BCUT2D eigenvalue weighted by molar-refractivity contribution is 5.95. The van der Waals surface area contributed by atoms with E-state index in [1.165, 1.54) is 0 Å². The molecule has 0 bridgehead atoms. The first-order valence-electron chi connectivity index (χ1n) is 6.18. The lowest BCUT2D eigenvalue weighted by molar-refractivity contribution is -0.144. The van der Waals surface area contributed by atoms with Gasteiger partial charge in [-0.3, -0.25) is 9.59 Å². The molecule has 1 heterocycles. The lowest BCUT2D eigenvalue weighted by Crippen LogP contribution is -2.37. The predicted molar refractivity (Wildman–Crippen MR) is 64.1 cm³/mol. The Balaban J connectivity index is 1.92. The van der Waals surface area contributed by atoms with E-state index in [0.717, 1.165) is 19.3 Å². The molecule has 1 aromatic rings. The molecular weight excluding hydrogens is 252 g/mol. The fourth-order valence-corrected chi connectivity index (χ4v) is 2.44.